The predicted octanol–water partition coefficient (Wildman–Crippen LogP) is 2.59. The molecule has 3 atom stereocenters. The van der Waals surface area contributed by atoms with Crippen LogP contribution in [-0.2, 0) is 0 Å². The van der Waals surface area contributed by atoms with E-state index in [0.717, 1.165) is 11.8 Å². The van der Waals surface area contributed by atoms with E-state index in [0.29, 0.717) is 0 Å². The lowest BCUT2D eigenvalue weighted by Gasteiger charge is -2.30. The van der Waals surface area contributed by atoms with Crippen LogP contribution in [0.5, 0.6) is 0 Å². The summed E-state index contributed by atoms with van der Waals surface area (Å²) in [6.07, 6.45) is 2.53. The molecule has 1 aliphatic carbocycles. The first-order valence-corrected chi connectivity index (χ1v) is 4.94. The van der Waals surface area contributed by atoms with Crippen LogP contribution in [0.4, 0.5) is 0 Å². The molecule has 0 aromatic rings. The molecule has 1 rings (SSSR count). The summed E-state index contributed by atoms with van der Waals surface area (Å²) in [6, 6.07) is 0. The smallest absolute Gasteiger partial charge is 0.0389 e. The molecule has 0 amide bonds. The Morgan fingerprint density at radius 3 is 2.50 bits per heavy atom. The first-order valence-electron chi connectivity index (χ1n) is 4.94. The molecule has 12 heavy (non-hydrogen) atoms. The van der Waals surface area contributed by atoms with Gasteiger partial charge in [0.25, 0.3) is 0 Å². The fourth-order valence-corrected chi connectivity index (χ4v) is 2.37. The molecule has 0 aromatic heterocycles. The summed E-state index contributed by atoms with van der Waals surface area (Å²) < 4.78 is 0. The van der Waals surface area contributed by atoms with Crippen molar-refractivity contribution in [1.29, 1.82) is 0 Å². The highest BCUT2D eigenvalue weighted by molar-refractivity contribution is 5.25. The van der Waals surface area contributed by atoms with E-state index in [2.05, 4.69) is 32.7 Å². The van der Waals surface area contributed by atoms with Crippen LogP contribution < -0.4 is 5.32 Å². The molecule has 1 fully saturated rings. The molecule has 1 nitrogen and oxygen atoms in total. The minimum absolute atomic E-state index is 0.181. The monoisotopic (exact) mass is 167 g/mol. The average molecular weight is 167 g/mol. The summed E-state index contributed by atoms with van der Waals surface area (Å²) in [7, 11) is 2.04. The van der Waals surface area contributed by atoms with Crippen molar-refractivity contribution in [2.45, 2.75) is 39.2 Å². The van der Waals surface area contributed by atoms with E-state index >= 15 is 0 Å². The van der Waals surface area contributed by atoms with E-state index in [1.54, 1.807) is 0 Å². The topological polar surface area (TPSA) is 12.0 Å². The number of rotatable bonds is 2. The summed E-state index contributed by atoms with van der Waals surface area (Å²) in [5.74, 6) is 1.46. The molecule has 1 N–H and O–H groups in total. The lowest BCUT2D eigenvalue weighted by atomic mass is 9.87. The quantitative estimate of drug-likeness (QED) is 0.623. The summed E-state index contributed by atoms with van der Waals surface area (Å²) in [5.41, 5.74) is 1.58. The fourth-order valence-electron chi connectivity index (χ4n) is 2.37. The van der Waals surface area contributed by atoms with E-state index in [4.69, 9.17) is 0 Å². The van der Waals surface area contributed by atoms with Crippen molar-refractivity contribution in [3.63, 3.8) is 0 Å². The Labute approximate surface area is 76.2 Å². The van der Waals surface area contributed by atoms with Crippen molar-refractivity contribution in [3.8, 4) is 0 Å². The van der Waals surface area contributed by atoms with E-state index in [-0.39, 0.29) is 5.54 Å². The van der Waals surface area contributed by atoms with Crippen molar-refractivity contribution in [1.82, 2.24) is 5.32 Å². The van der Waals surface area contributed by atoms with Crippen LogP contribution in [0.3, 0.4) is 0 Å². The first kappa shape index (κ1) is 9.79. The van der Waals surface area contributed by atoms with Crippen molar-refractivity contribution < 1.29 is 0 Å². The van der Waals surface area contributed by atoms with Gasteiger partial charge in [-0.15, -0.1) is 0 Å². The van der Waals surface area contributed by atoms with Gasteiger partial charge < -0.3 is 5.32 Å². The summed E-state index contributed by atoms with van der Waals surface area (Å²) >= 11 is 0. The van der Waals surface area contributed by atoms with Crippen LogP contribution in [0.2, 0.25) is 0 Å². The zero-order chi connectivity index (χ0) is 9.35. The van der Waals surface area contributed by atoms with Gasteiger partial charge in [-0.05, 0) is 38.6 Å². The van der Waals surface area contributed by atoms with Crippen molar-refractivity contribution in [3.05, 3.63) is 12.2 Å². The fraction of sp³-hybridized carbons (Fsp3) is 0.818. The van der Waals surface area contributed by atoms with Crippen LogP contribution in [0, 0.1) is 11.8 Å². The maximum Gasteiger partial charge on any atom is 0.0389 e. The Morgan fingerprint density at radius 1 is 1.67 bits per heavy atom. The van der Waals surface area contributed by atoms with Gasteiger partial charge in [0.05, 0.1) is 0 Å². The number of hydrogen-bond donors (Lipinski definition) is 1. The van der Waals surface area contributed by atoms with Crippen LogP contribution in [0.1, 0.15) is 33.6 Å². The van der Waals surface area contributed by atoms with Crippen LogP contribution in [0.25, 0.3) is 0 Å². The molecule has 1 heteroatoms. The number of hydrogen-bond acceptors (Lipinski definition) is 1. The zero-order valence-electron chi connectivity index (χ0n) is 8.78. The molecular weight excluding hydrogens is 146 g/mol. The molecule has 1 aliphatic rings. The minimum Gasteiger partial charge on any atom is -0.311 e. The molecule has 0 unspecified atom stereocenters. The Kier molecular flexibility index (Phi) is 2.62. The first-order chi connectivity index (χ1) is 5.56. The van der Waals surface area contributed by atoms with Gasteiger partial charge in [0.15, 0.2) is 0 Å². The van der Waals surface area contributed by atoms with E-state index in [1.807, 2.05) is 7.05 Å². The Morgan fingerprint density at radius 2 is 2.25 bits per heavy atom. The molecule has 0 spiro atoms. The predicted molar refractivity (Wildman–Crippen MR) is 54.2 cm³/mol. The van der Waals surface area contributed by atoms with E-state index < -0.39 is 0 Å². The maximum absolute atomic E-state index is 4.22. The van der Waals surface area contributed by atoms with Gasteiger partial charge in [-0.2, -0.15) is 0 Å². The maximum atomic E-state index is 4.22. The van der Waals surface area contributed by atoms with Gasteiger partial charge in [-0.25, -0.2) is 0 Å². The average Bonchev–Trinajstić information content (AvgIpc) is 2.30. The molecule has 0 aliphatic heterocycles. The van der Waals surface area contributed by atoms with Crippen LogP contribution in [0.15, 0.2) is 12.2 Å². The summed E-state index contributed by atoms with van der Waals surface area (Å²) in [4.78, 5) is 0. The van der Waals surface area contributed by atoms with Gasteiger partial charge in [0.2, 0.25) is 0 Å². The minimum atomic E-state index is 0.181. The molecule has 0 aromatic carbocycles. The van der Waals surface area contributed by atoms with Crippen LogP contribution >= 0.6 is 0 Å². The molecule has 0 saturated heterocycles. The highest BCUT2D eigenvalue weighted by Gasteiger charge is 2.42. The molecule has 0 bridgehead atoms. The Hall–Kier alpha value is -0.300. The highest BCUT2D eigenvalue weighted by Crippen LogP contribution is 2.43. The SMILES string of the molecule is C=C1[C@@H](CC)C[C@H](C)[C@]1(C)NC. The van der Waals surface area contributed by atoms with E-state index in [1.165, 1.54) is 18.4 Å². The van der Waals surface area contributed by atoms with Gasteiger partial charge in [-0.1, -0.05) is 26.0 Å². The Balaban J connectivity index is 2.84. The molecule has 70 valence electrons. The van der Waals surface area contributed by atoms with Crippen LogP contribution in [-0.4, -0.2) is 12.6 Å². The lowest BCUT2D eigenvalue weighted by Crippen LogP contribution is -2.43. The number of nitrogens with one attached hydrogen (secondary N) is 1. The second-order valence-corrected chi connectivity index (χ2v) is 4.22. The van der Waals surface area contributed by atoms with Crippen molar-refractivity contribution >= 4 is 0 Å². The molecular formula is C11H21N. The third-order valence-electron chi connectivity index (χ3n) is 3.80. The van der Waals surface area contributed by atoms with Gasteiger partial charge in [0, 0.05) is 5.54 Å². The summed E-state index contributed by atoms with van der Waals surface area (Å²) in [5, 5.41) is 3.40. The van der Waals surface area contributed by atoms with Crippen molar-refractivity contribution in [2.24, 2.45) is 11.8 Å². The molecule has 0 radical (unpaired) electrons. The van der Waals surface area contributed by atoms with E-state index in [9.17, 15) is 0 Å². The molecule has 1 saturated carbocycles. The third kappa shape index (κ3) is 1.20. The molecule has 0 heterocycles. The highest BCUT2D eigenvalue weighted by atomic mass is 15.0. The second kappa shape index (κ2) is 3.21. The second-order valence-electron chi connectivity index (χ2n) is 4.22. The van der Waals surface area contributed by atoms with Gasteiger partial charge in [0.1, 0.15) is 0 Å². The van der Waals surface area contributed by atoms with Crippen molar-refractivity contribution in [2.75, 3.05) is 7.05 Å². The Bertz CT molecular complexity index is 185. The lowest BCUT2D eigenvalue weighted by molar-refractivity contribution is 0.350. The normalized spacial score (nSPS) is 42.2. The zero-order valence-corrected chi connectivity index (χ0v) is 8.78. The standard InChI is InChI=1S/C11H21N/c1-6-10-7-8(2)11(4,12-5)9(10)3/h8,10,12H,3,6-7H2,1-2,4-5H3/t8-,10-,11-/m0/s1. The van der Waals surface area contributed by atoms with Gasteiger partial charge in [-0.3, -0.25) is 0 Å². The van der Waals surface area contributed by atoms with Gasteiger partial charge >= 0.3 is 0 Å². The summed E-state index contributed by atoms with van der Waals surface area (Å²) in [6.45, 7) is 11.1. The number of likely N-dealkylation sites (N-methyl/N-ethyl adjacent to an activating group) is 1. The third-order valence-corrected chi connectivity index (χ3v) is 3.80. The largest absolute Gasteiger partial charge is 0.311 e.